The van der Waals surface area contributed by atoms with Crippen molar-refractivity contribution in [3.8, 4) is 11.1 Å². The Bertz CT molecular complexity index is 1480. The van der Waals surface area contributed by atoms with Gasteiger partial charge in [-0.05, 0) is 62.3 Å². The maximum absolute atomic E-state index is 14.8. The Hall–Kier alpha value is -3.42. The van der Waals surface area contributed by atoms with Gasteiger partial charge < -0.3 is 19.6 Å². The van der Waals surface area contributed by atoms with Crippen LogP contribution in [0.15, 0.2) is 33.5 Å². The van der Waals surface area contributed by atoms with Crippen LogP contribution >= 0.6 is 0 Å². The van der Waals surface area contributed by atoms with E-state index in [4.69, 9.17) is 10.2 Å². The molecule has 1 saturated heterocycles. The number of fused-ring (bicyclic) bond motifs is 3. The van der Waals surface area contributed by atoms with Crippen LogP contribution in [0, 0.1) is 18.6 Å². The minimum absolute atomic E-state index is 0.0708. The highest BCUT2D eigenvalue weighted by Crippen LogP contribution is 2.41. The van der Waals surface area contributed by atoms with Gasteiger partial charge in [-0.3, -0.25) is 4.79 Å². The third-order valence-electron chi connectivity index (χ3n) is 6.87. The molecule has 0 spiro atoms. The molecule has 2 aromatic heterocycles. The minimum Gasteiger partial charge on any atom is -0.422 e. The number of benzene rings is 2. The fraction of sp³-hybridized carbons (Fsp3) is 0.360. The van der Waals surface area contributed by atoms with Crippen LogP contribution in [0.25, 0.3) is 33.1 Å². The quantitative estimate of drug-likeness (QED) is 0.429. The van der Waals surface area contributed by atoms with Crippen molar-refractivity contribution in [1.82, 2.24) is 9.55 Å². The SMILES string of the molecule is Cc1c(-c2cc(F)c(N)cc2F)ccc2c3oc(N4CCCCC4)nc3c(=O)n(C3CC3)c12. The molecule has 1 aliphatic carbocycles. The van der Waals surface area contributed by atoms with Gasteiger partial charge in [-0.1, -0.05) is 6.07 Å². The predicted molar refractivity (Wildman–Crippen MR) is 125 cm³/mol. The number of oxazole rings is 1. The molecule has 1 aliphatic heterocycles. The normalized spacial score (nSPS) is 16.8. The first-order valence-electron chi connectivity index (χ1n) is 11.4. The Labute approximate surface area is 188 Å². The number of nitrogens with two attached hydrogens (primary N) is 1. The average molecular weight is 450 g/mol. The van der Waals surface area contributed by atoms with Crippen LogP contribution in [0.3, 0.4) is 0 Å². The Morgan fingerprint density at radius 2 is 1.82 bits per heavy atom. The van der Waals surface area contributed by atoms with E-state index in [1.165, 1.54) is 6.42 Å². The zero-order valence-corrected chi connectivity index (χ0v) is 18.3. The van der Waals surface area contributed by atoms with Crippen LogP contribution in [0.4, 0.5) is 20.5 Å². The summed E-state index contributed by atoms with van der Waals surface area (Å²) in [5.41, 5.74) is 7.88. The number of anilines is 2. The summed E-state index contributed by atoms with van der Waals surface area (Å²) in [6.07, 6.45) is 5.10. The number of halogens is 2. The molecule has 170 valence electrons. The van der Waals surface area contributed by atoms with Crippen molar-refractivity contribution in [2.24, 2.45) is 0 Å². The predicted octanol–water partition coefficient (Wildman–Crippen LogP) is 5.30. The van der Waals surface area contributed by atoms with Crippen LogP contribution in [0.1, 0.15) is 43.7 Å². The number of aryl methyl sites for hydroxylation is 1. The molecule has 3 heterocycles. The van der Waals surface area contributed by atoms with Gasteiger partial charge in [0.15, 0.2) is 11.1 Å². The van der Waals surface area contributed by atoms with Crippen LogP contribution in [0.5, 0.6) is 0 Å². The van der Waals surface area contributed by atoms with E-state index in [0.717, 1.165) is 56.3 Å². The molecule has 0 amide bonds. The highest BCUT2D eigenvalue weighted by Gasteiger charge is 2.31. The number of nitrogens with zero attached hydrogens (tertiary/aromatic N) is 3. The molecule has 2 N–H and O–H groups in total. The first-order valence-corrected chi connectivity index (χ1v) is 11.4. The van der Waals surface area contributed by atoms with Gasteiger partial charge >= 0.3 is 0 Å². The lowest BCUT2D eigenvalue weighted by Crippen LogP contribution is -2.29. The number of aromatic nitrogens is 2. The number of piperidine rings is 1. The molecule has 6 nitrogen and oxygen atoms in total. The van der Waals surface area contributed by atoms with Crippen molar-refractivity contribution in [3.05, 3.63) is 51.8 Å². The molecule has 2 aliphatic rings. The second kappa shape index (κ2) is 7.30. The van der Waals surface area contributed by atoms with Crippen LogP contribution < -0.4 is 16.2 Å². The molecule has 0 unspecified atom stereocenters. The summed E-state index contributed by atoms with van der Waals surface area (Å²) in [6, 6.07) is 6.21. The number of pyridine rings is 1. The molecule has 0 radical (unpaired) electrons. The van der Waals surface area contributed by atoms with E-state index < -0.39 is 11.6 Å². The highest BCUT2D eigenvalue weighted by molar-refractivity contribution is 6.04. The second-order valence-electron chi connectivity index (χ2n) is 9.12. The van der Waals surface area contributed by atoms with Crippen LogP contribution in [-0.4, -0.2) is 22.6 Å². The first-order chi connectivity index (χ1) is 15.9. The van der Waals surface area contributed by atoms with Crippen molar-refractivity contribution in [1.29, 1.82) is 0 Å². The molecule has 0 atom stereocenters. The van der Waals surface area contributed by atoms with Gasteiger partial charge in [0.25, 0.3) is 11.6 Å². The highest BCUT2D eigenvalue weighted by atomic mass is 19.1. The number of hydrogen-bond acceptors (Lipinski definition) is 5. The van der Waals surface area contributed by atoms with E-state index in [1.807, 2.05) is 13.0 Å². The largest absolute Gasteiger partial charge is 0.422 e. The summed E-state index contributed by atoms with van der Waals surface area (Å²) in [6.45, 7) is 3.54. The Morgan fingerprint density at radius 1 is 1.06 bits per heavy atom. The summed E-state index contributed by atoms with van der Waals surface area (Å²) >= 11 is 0. The summed E-state index contributed by atoms with van der Waals surface area (Å²) < 4.78 is 36.9. The van der Waals surface area contributed by atoms with Gasteiger partial charge in [0.1, 0.15) is 11.6 Å². The Balaban J connectivity index is 1.64. The van der Waals surface area contributed by atoms with Gasteiger partial charge in [0, 0.05) is 36.1 Å². The minimum atomic E-state index is -0.678. The third kappa shape index (κ3) is 3.11. The monoisotopic (exact) mass is 450 g/mol. The molecule has 1 saturated carbocycles. The standard InChI is InChI=1S/C25H24F2N4O2/c1-13-15(17-11-19(27)20(28)12-18(17)26)7-8-16-22(13)31(14-5-6-14)24(32)21-23(16)33-25(29-21)30-9-3-2-4-10-30/h7-8,11-12,14H,2-6,9-10,28H2,1H3. The van der Waals surface area contributed by atoms with E-state index in [1.54, 1.807) is 10.6 Å². The smallest absolute Gasteiger partial charge is 0.298 e. The van der Waals surface area contributed by atoms with Gasteiger partial charge in [-0.2, -0.15) is 4.98 Å². The lowest BCUT2D eigenvalue weighted by molar-refractivity contribution is 0.510. The topological polar surface area (TPSA) is 77.3 Å². The van der Waals surface area contributed by atoms with Crippen molar-refractivity contribution in [2.75, 3.05) is 23.7 Å². The molecular formula is C25H24F2N4O2. The molecule has 2 fully saturated rings. The Kier molecular flexibility index (Phi) is 4.47. The summed E-state index contributed by atoms with van der Waals surface area (Å²) in [7, 11) is 0. The Morgan fingerprint density at radius 3 is 2.55 bits per heavy atom. The fourth-order valence-electron chi connectivity index (χ4n) is 5.01. The van der Waals surface area contributed by atoms with Gasteiger partial charge in [-0.15, -0.1) is 0 Å². The molecule has 4 aromatic rings. The van der Waals surface area contributed by atoms with E-state index in [-0.39, 0.29) is 22.9 Å². The van der Waals surface area contributed by atoms with Gasteiger partial charge in [-0.25, -0.2) is 8.78 Å². The number of hydrogen-bond donors (Lipinski definition) is 1. The third-order valence-corrected chi connectivity index (χ3v) is 6.87. The van der Waals surface area contributed by atoms with E-state index in [0.29, 0.717) is 33.8 Å². The molecule has 33 heavy (non-hydrogen) atoms. The lowest BCUT2D eigenvalue weighted by Gasteiger charge is -2.24. The second-order valence-corrected chi connectivity index (χ2v) is 9.12. The molecular weight excluding hydrogens is 426 g/mol. The fourth-order valence-corrected chi connectivity index (χ4v) is 5.01. The van der Waals surface area contributed by atoms with Gasteiger partial charge in [0.2, 0.25) is 0 Å². The molecule has 0 bridgehead atoms. The van der Waals surface area contributed by atoms with Crippen molar-refractivity contribution < 1.29 is 13.2 Å². The lowest BCUT2D eigenvalue weighted by atomic mass is 9.96. The maximum atomic E-state index is 14.8. The van der Waals surface area contributed by atoms with Crippen molar-refractivity contribution in [3.63, 3.8) is 0 Å². The average Bonchev–Trinajstić information content (AvgIpc) is 3.54. The van der Waals surface area contributed by atoms with Gasteiger partial charge in [0.05, 0.1) is 11.2 Å². The van der Waals surface area contributed by atoms with E-state index >= 15 is 0 Å². The zero-order valence-electron chi connectivity index (χ0n) is 18.3. The van der Waals surface area contributed by atoms with E-state index in [9.17, 15) is 13.6 Å². The molecule has 8 heteroatoms. The van der Waals surface area contributed by atoms with Crippen LogP contribution in [-0.2, 0) is 0 Å². The summed E-state index contributed by atoms with van der Waals surface area (Å²) in [5, 5.41) is 0.754. The summed E-state index contributed by atoms with van der Waals surface area (Å²) in [5.74, 6) is -1.29. The number of rotatable bonds is 3. The molecule has 6 rings (SSSR count). The van der Waals surface area contributed by atoms with Crippen molar-refractivity contribution >= 4 is 33.7 Å². The zero-order chi connectivity index (χ0) is 22.9. The molecule has 2 aromatic carbocycles. The van der Waals surface area contributed by atoms with E-state index in [2.05, 4.69) is 9.88 Å². The van der Waals surface area contributed by atoms with Crippen LogP contribution in [0.2, 0.25) is 0 Å². The number of nitrogen functional groups attached to an aromatic ring is 1. The first kappa shape index (κ1) is 20.2. The maximum Gasteiger partial charge on any atom is 0.298 e. The summed E-state index contributed by atoms with van der Waals surface area (Å²) in [4.78, 5) is 20.2. The van der Waals surface area contributed by atoms with Crippen molar-refractivity contribution in [2.45, 2.75) is 45.1 Å².